The van der Waals surface area contributed by atoms with Crippen LogP contribution in [0.25, 0.3) is 0 Å². The minimum Gasteiger partial charge on any atom is -0.354 e. The Hall–Kier alpha value is -0.820. The van der Waals surface area contributed by atoms with Crippen molar-refractivity contribution in [1.29, 1.82) is 0 Å². The summed E-state index contributed by atoms with van der Waals surface area (Å²) in [6, 6.07) is 8.84. The van der Waals surface area contributed by atoms with E-state index in [0.717, 1.165) is 6.54 Å². The van der Waals surface area contributed by atoms with E-state index in [4.69, 9.17) is 0 Å². The van der Waals surface area contributed by atoms with E-state index in [1.54, 1.807) is 0 Å². The van der Waals surface area contributed by atoms with Gasteiger partial charge in [0.2, 0.25) is 0 Å². The molecule has 0 bridgehead atoms. The SMILES string of the molecule is CCCCCc1ccc(C[NH3+])cc1. The van der Waals surface area contributed by atoms with Crippen LogP contribution in [0.1, 0.15) is 37.3 Å². The zero-order valence-corrected chi connectivity index (χ0v) is 8.55. The predicted octanol–water partition coefficient (Wildman–Crippen LogP) is 2.16. The van der Waals surface area contributed by atoms with Crippen molar-refractivity contribution in [2.24, 2.45) is 0 Å². The average molecular weight is 178 g/mol. The number of rotatable bonds is 5. The van der Waals surface area contributed by atoms with E-state index in [1.165, 1.54) is 36.8 Å². The highest BCUT2D eigenvalue weighted by Gasteiger charge is 1.94. The number of benzene rings is 1. The van der Waals surface area contributed by atoms with E-state index in [-0.39, 0.29) is 0 Å². The highest BCUT2D eigenvalue weighted by Crippen LogP contribution is 2.07. The second-order valence-electron chi connectivity index (χ2n) is 3.52. The summed E-state index contributed by atoms with van der Waals surface area (Å²) in [5.74, 6) is 0. The Bertz CT molecular complexity index is 225. The molecule has 0 heterocycles. The normalized spacial score (nSPS) is 10.3. The maximum absolute atomic E-state index is 3.86. The molecule has 0 radical (unpaired) electrons. The topological polar surface area (TPSA) is 27.6 Å². The van der Waals surface area contributed by atoms with E-state index >= 15 is 0 Å². The van der Waals surface area contributed by atoms with Crippen LogP contribution in [0.15, 0.2) is 24.3 Å². The first kappa shape index (κ1) is 10.3. The van der Waals surface area contributed by atoms with Crippen LogP contribution < -0.4 is 5.73 Å². The molecule has 0 spiro atoms. The van der Waals surface area contributed by atoms with Crippen molar-refractivity contribution in [3.8, 4) is 0 Å². The summed E-state index contributed by atoms with van der Waals surface area (Å²) in [6.45, 7) is 3.14. The van der Waals surface area contributed by atoms with Crippen molar-refractivity contribution in [1.82, 2.24) is 0 Å². The second kappa shape index (κ2) is 5.76. The lowest BCUT2D eigenvalue weighted by molar-refractivity contribution is -0.386. The van der Waals surface area contributed by atoms with Gasteiger partial charge in [-0.15, -0.1) is 0 Å². The van der Waals surface area contributed by atoms with Gasteiger partial charge in [-0.25, -0.2) is 0 Å². The van der Waals surface area contributed by atoms with Crippen LogP contribution in [-0.4, -0.2) is 0 Å². The molecule has 1 heteroatoms. The van der Waals surface area contributed by atoms with Crippen LogP contribution in [0, 0.1) is 0 Å². The summed E-state index contributed by atoms with van der Waals surface area (Å²) in [6.07, 6.45) is 5.19. The van der Waals surface area contributed by atoms with Gasteiger partial charge in [0, 0.05) is 5.56 Å². The number of hydrogen-bond acceptors (Lipinski definition) is 0. The summed E-state index contributed by atoms with van der Waals surface area (Å²) in [5.41, 5.74) is 6.66. The number of unbranched alkanes of at least 4 members (excludes halogenated alkanes) is 2. The summed E-state index contributed by atoms with van der Waals surface area (Å²) < 4.78 is 0. The first-order chi connectivity index (χ1) is 6.36. The molecule has 0 fully saturated rings. The zero-order valence-electron chi connectivity index (χ0n) is 8.55. The maximum Gasteiger partial charge on any atom is 0.0997 e. The van der Waals surface area contributed by atoms with Crippen molar-refractivity contribution < 1.29 is 5.73 Å². The monoisotopic (exact) mass is 178 g/mol. The largest absolute Gasteiger partial charge is 0.354 e. The lowest BCUT2D eigenvalue weighted by atomic mass is 10.1. The fraction of sp³-hybridized carbons (Fsp3) is 0.500. The van der Waals surface area contributed by atoms with Gasteiger partial charge in [-0.2, -0.15) is 0 Å². The maximum atomic E-state index is 3.86. The smallest absolute Gasteiger partial charge is 0.0997 e. The average Bonchev–Trinajstić information content (AvgIpc) is 2.19. The van der Waals surface area contributed by atoms with Gasteiger partial charge in [-0.3, -0.25) is 0 Å². The predicted molar refractivity (Wildman–Crippen MR) is 56.3 cm³/mol. The van der Waals surface area contributed by atoms with Crippen LogP contribution in [0.4, 0.5) is 0 Å². The molecule has 0 aliphatic heterocycles. The van der Waals surface area contributed by atoms with Gasteiger partial charge in [0.05, 0.1) is 6.54 Å². The van der Waals surface area contributed by atoms with E-state index in [2.05, 4.69) is 36.9 Å². The highest BCUT2D eigenvalue weighted by atomic mass is 14.5. The summed E-state index contributed by atoms with van der Waals surface area (Å²) in [4.78, 5) is 0. The fourth-order valence-electron chi connectivity index (χ4n) is 1.45. The molecule has 72 valence electrons. The van der Waals surface area contributed by atoms with Crippen molar-refractivity contribution in [3.63, 3.8) is 0 Å². The van der Waals surface area contributed by atoms with Crippen LogP contribution in [0.5, 0.6) is 0 Å². The van der Waals surface area contributed by atoms with Crippen molar-refractivity contribution >= 4 is 0 Å². The molecule has 13 heavy (non-hydrogen) atoms. The Morgan fingerprint density at radius 1 is 1.00 bits per heavy atom. The number of aryl methyl sites for hydroxylation is 1. The van der Waals surface area contributed by atoms with Crippen LogP contribution in [-0.2, 0) is 13.0 Å². The Labute approximate surface area is 81.0 Å². The lowest BCUT2D eigenvalue weighted by Crippen LogP contribution is -2.47. The number of hydrogen-bond donors (Lipinski definition) is 1. The van der Waals surface area contributed by atoms with E-state index in [0.29, 0.717) is 0 Å². The van der Waals surface area contributed by atoms with E-state index in [9.17, 15) is 0 Å². The van der Waals surface area contributed by atoms with E-state index in [1.807, 2.05) is 0 Å². The molecule has 1 aromatic carbocycles. The Balaban J connectivity index is 2.40. The van der Waals surface area contributed by atoms with Gasteiger partial charge in [-0.05, 0) is 18.4 Å². The molecule has 1 aromatic rings. The summed E-state index contributed by atoms with van der Waals surface area (Å²) in [5, 5.41) is 0. The third-order valence-electron chi connectivity index (χ3n) is 2.38. The van der Waals surface area contributed by atoms with Gasteiger partial charge in [0.15, 0.2) is 0 Å². The quantitative estimate of drug-likeness (QED) is 0.669. The number of quaternary nitrogens is 1. The first-order valence-corrected chi connectivity index (χ1v) is 5.24. The minimum atomic E-state index is 0.898. The van der Waals surface area contributed by atoms with Gasteiger partial charge in [0.1, 0.15) is 0 Å². The zero-order chi connectivity index (χ0) is 9.52. The molecular formula is C12H20N+. The third kappa shape index (κ3) is 3.60. The molecule has 0 atom stereocenters. The molecule has 0 aliphatic rings. The molecule has 0 unspecified atom stereocenters. The van der Waals surface area contributed by atoms with Crippen molar-refractivity contribution in [2.45, 2.75) is 39.2 Å². The fourth-order valence-corrected chi connectivity index (χ4v) is 1.45. The van der Waals surface area contributed by atoms with Gasteiger partial charge < -0.3 is 5.73 Å². The lowest BCUT2D eigenvalue weighted by Gasteiger charge is -2.00. The molecule has 1 nitrogen and oxygen atoms in total. The molecule has 0 saturated heterocycles. The van der Waals surface area contributed by atoms with Crippen molar-refractivity contribution in [2.75, 3.05) is 0 Å². The van der Waals surface area contributed by atoms with Crippen molar-refractivity contribution in [3.05, 3.63) is 35.4 Å². The Morgan fingerprint density at radius 3 is 2.15 bits per heavy atom. The van der Waals surface area contributed by atoms with E-state index < -0.39 is 0 Å². The van der Waals surface area contributed by atoms with Gasteiger partial charge >= 0.3 is 0 Å². The summed E-state index contributed by atoms with van der Waals surface area (Å²) in [7, 11) is 0. The minimum absolute atomic E-state index is 0.898. The molecule has 0 amide bonds. The molecule has 0 aromatic heterocycles. The first-order valence-electron chi connectivity index (χ1n) is 5.24. The van der Waals surface area contributed by atoms with Crippen LogP contribution >= 0.6 is 0 Å². The molecule has 3 N–H and O–H groups in total. The third-order valence-corrected chi connectivity index (χ3v) is 2.38. The Kier molecular flexibility index (Phi) is 4.55. The van der Waals surface area contributed by atoms with Gasteiger partial charge in [-0.1, -0.05) is 44.0 Å². The van der Waals surface area contributed by atoms with Crippen LogP contribution in [0.2, 0.25) is 0 Å². The molecule has 0 aliphatic carbocycles. The van der Waals surface area contributed by atoms with Crippen LogP contribution in [0.3, 0.4) is 0 Å². The molecule has 1 rings (SSSR count). The summed E-state index contributed by atoms with van der Waals surface area (Å²) >= 11 is 0. The molecular weight excluding hydrogens is 158 g/mol. The second-order valence-corrected chi connectivity index (χ2v) is 3.52. The standard InChI is InChI=1S/C12H19N/c1-2-3-4-5-11-6-8-12(10-13)9-7-11/h6-9H,2-5,10,13H2,1H3/p+1. The van der Waals surface area contributed by atoms with Gasteiger partial charge in [0.25, 0.3) is 0 Å². The Morgan fingerprint density at radius 2 is 1.62 bits per heavy atom. The highest BCUT2D eigenvalue weighted by molar-refractivity contribution is 5.21. The molecule has 0 saturated carbocycles.